The lowest BCUT2D eigenvalue weighted by atomic mass is 9.84. The van der Waals surface area contributed by atoms with Crippen LogP contribution in [-0.4, -0.2) is 59.8 Å². The Morgan fingerprint density at radius 2 is 1.86 bits per heavy atom. The quantitative estimate of drug-likeness (QED) is 0.317. The highest BCUT2D eigenvalue weighted by molar-refractivity contribution is 6.46. The number of Topliss-reactive ketones (excluding diaryl/α,β-unsaturated/α-hetero) is 1. The summed E-state index contributed by atoms with van der Waals surface area (Å²) in [5.41, 5.74) is 1.43. The molecule has 0 aromatic heterocycles. The van der Waals surface area contributed by atoms with Crippen LogP contribution in [0.3, 0.4) is 0 Å². The molecule has 0 spiro atoms. The first-order valence-electron chi connectivity index (χ1n) is 12.6. The average molecular weight is 510 g/mol. The lowest BCUT2D eigenvalue weighted by molar-refractivity contribution is -0.140. The maximum atomic E-state index is 13.4. The Labute approximate surface area is 217 Å². The third-order valence-electron chi connectivity index (χ3n) is 6.84. The molecule has 2 aliphatic rings. The highest BCUT2D eigenvalue weighted by atomic mass is 16.5. The van der Waals surface area contributed by atoms with Gasteiger partial charge in [-0.2, -0.15) is 0 Å². The van der Waals surface area contributed by atoms with E-state index in [4.69, 9.17) is 14.2 Å². The number of methoxy groups -OCH3 is 1. The van der Waals surface area contributed by atoms with Crippen molar-refractivity contribution in [1.82, 2.24) is 4.90 Å². The van der Waals surface area contributed by atoms with Gasteiger partial charge in [-0.3, -0.25) is 9.59 Å². The number of likely N-dealkylation sites (tertiary alicyclic amines) is 1. The SMILES string of the molecule is CCOc1ccc(/C(O)=C2/C(=O)C(=O)N(CC3CCCO3)C2c2ccc(OC)c(O)c2)cc1C(C)(C)C. The van der Waals surface area contributed by atoms with Gasteiger partial charge in [0.2, 0.25) is 0 Å². The number of carbonyl (C=O) groups is 2. The van der Waals surface area contributed by atoms with E-state index in [2.05, 4.69) is 0 Å². The average Bonchev–Trinajstić information content (AvgIpc) is 3.46. The van der Waals surface area contributed by atoms with Crippen molar-refractivity contribution < 1.29 is 34.0 Å². The van der Waals surface area contributed by atoms with Gasteiger partial charge in [-0.1, -0.05) is 26.8 Å². The summed E-state index contributed by atoms with van der Waals surface area (Å²) >= 11 is 0. The van der Waals surface area contributed by atoms with E-state index in [0.717, 1.165) is 18.4 Å². The van der Waals surface area contributed by atoms with E-state index < -0.39 is 17.7 Å². The number of aliphatic hydroxyl groups excluding tert-OH is 1. The van der Waals surface area contributed by atoms with Crippen molar-refractivity contribution in [2.45, 2.75) is 58.1 Å². The third kappa shape index (κ3) is 5.16. The van der Waals surface area contributed by atoms with Crippen molar-refractivity contribution >= 4 is 17.4 Å². The van der Waals surface area contributed by atoms with Crippen LogP contribution in [0.25, 0.3) is 5.76 Å². The van der Waals surface area contributed by atoms with E-state index in [1.165, 1.54) is 18.1 Å². The van der Waals surface area contributed by atoms with Crippen molar-refractivity contribution in [3.63, 3.8) is 0 Å². The fourth-order valence-electron chi connectivity index (χ4n) is 5.00. The molecule has 2 heterocycles. The molecule has 2 aromatic rings. The first-order chi connectivity index (χ1) is 17.6. The van der Waals surface area contributed by atoms with Gasteiger partial charge in [0.05, 0.1) is 31.4 Å². The standard InChI is InChI=1S/C29H35NO7/c1-6-36-22-11-10-18(14-20(22)29(2,3)4)26(32)24-25(17-9-12-23(35-5)21(31)15-17)30(28(34)27(24)33)16-19-8-7-13-37-19/h9-12,14-15,19,25,31-32H,6-8,13,16H2,1-5H3/b26-24-. The first kappa shape index (κ1) is 26.5. The van der Waals surface area contributed by atoms with E-state index in [-0.39, 0.29) is 40.9 Å². The van der Waals surface area contributed by atoms with Crippen LogP contribution in [0.4, 0.5) is 0 Å². The van der Waals surface area contributed by atoms with Crippen LogP contribution < -0.4 is 9.47 Å². The van der Waals surface area contributed by atoms with E-state index in [1.807, 2.05) is 27.7 Å². The van der Waals surface area contributed by atoms with Crippen LogP contribution in [0.2, 0.25) is 0 Å². The molecule has 0 bridgehead atoms. The number of amides is 1. The van der Waals surface area contributed by atoms with Gasteiger partial charge in [-0.15, -0.1) is 0 Å². The first-order valence-corrected chi connectivity index (χ1v) is 12.6. The minimum atomic E-state index is -0.898. The van der Waals surface area contributed by atoms with Crippen molar-refractivity contribution in [3.05, 3.63) is 58.7 Å². The lowest BCUT2D eigenvalue weighted by Crippen LogP contribution is -2.36. The maximum Gasteiger partial charge on any atom is 0.295 e. The van der Waals surface area contributed by atoms with E-state index >= 15 is 0 Å². The zero-order valence-electron chi connectivity index (χ0n) is 22.0. The summed E-state index contributed by atoms with van der Waals surface area (Å²) in [6.45, 7) is 9.31. The minimum absolute atomic E-state index is 0.0309. The molecule has 2 atom stereocenters. The Hall–Kier alpha value is -3.52. The summed E-state index contributed by atoms with van der Waals surface area (Å²) in [4.78, 5) is 28.1. The van der Waals surface area contributed by atoms with Gasteiger partial charge < -0.3 is 29.3 Å². The molecule has 8 heteroatoms. The molecular weight excluding hydrogens is 474 g/mol. The monoisotopic (exact) mass is 509 g/mol. The van der Waals surface area contributed by atoms with E-state index in [0.29, 0.717) is 30.1 Å². The summed E-state index contributed by atoms with van der Waals surface area (Å²) in [6.07, 6.45) is 1.45. The molecule has 2 aliphatic heterocycles. The van der Waals surface area contributed by atoms with Crippen molar-refractivity contribution in [2.75, 3.05) is 26.9 Å². The van der Waals surface area contributed by atoms with E-state index in [9.17, 15) is 19.8 Å². The lowest BCUT2D eigenvalue weighted by Gasteiger charge is -2.28. The summed E-state index contributed by atoms with van der Waals surface area (Å²) in [5.74, 6) is -0.926. The zero-order valence-corrected chi connectivity index (χ0v) is 22.0. The molecular formula is C29H35NO7. The molecule has 2 unspecified atom stereocenters. The second-order valence-corrected chi connectivity index (χ2v) is 10.4. The summed E-state index contributed by atoms with van der Waals surface area (Å²) in [6, 6.07) is 9.09. The smallest absolute Gasteiger partial charge is 0.295 e. The van der Waals surface area contributed by atoms with Gasteiger partial charge in [0.1, 0.15) is 11.5 Å². The van der Waals surface area contributed by atoms with E-state index in [1.54, 1.807) is 30.3 Å². The molecule has 2 N–H and O–H groups in total. The van der Waals surface area contributed by atoms with Gasteiger partial charge in [0.15, 0.2) is 11.5 Å². The molecule has 198 valence electrons. The number of ketones is 1. The van der Waals surface area contributed by atoms with Gasteiger partial charge >= 0.3 is 0 Å². The van der Waals surface area contributed by atoms with Gasteiger partial charge in [-0.05, 0) is 61.1 Å². The molecule has 1 amide bonds. The Kier molecular flexibility index (Phi) is 7.50. The fourth-order valence-corrected chi connectivity index (χ4v) is 5.00. The molecule has 2 saturated heterocycles. The topological polar surface area (TPSA) is 106 Å². The molecule has 0 radical (unpaired) electrons. The molecule has 0 saturated carbocycles. The maximum absolute atomic E-state index is 13.4. The number of ether oxygens (including phenoxy) is 3. The summed E-state index contributed by atoms with van der Waals surface area (Å²) in [5, 5.41) is 22.0. The Morgan fingerprint density at radius 3 is 2.46 bits per heavy atom. The highest BCUT2D eigenvalue weighted by Crippen LogP contribution is 2.43. The number of aliphatic hydroxyl groups is 1. The number of rotatable bonds is 7. The number of phenolic OH excluding ortho intramolecular Hbond substituents is 1. The van der Waals surface area contributed by atoms with Crippen LogP contribution in [0.5, 0.6) is 17.2 Å². The molecule has 2 aromatic carbocycles. The van der Waals surface area contributed by atoms with Crippen molar-refractivity contribution in [3.8, 4) is 17.2 Å². The van der Waals surface area contributed by atoms with Gasteiger partial charge in [0, 0.05) is 24.3 Å². The molecule has 37 heavy (non-hydrogen) atoms. The normalized spacial score (nSPS) is 21.5. The summed E-state index contributed by atoms with van der Waals surface area (Å²) in [7, 11) is 1.44. The number of phenols is 1. The summed E-state index contributed by atoms with van der Waals surface area (Å²) < 4.78 is 16.7. The fraction of sp³-hybridized carbons (Fsp3) is 0.448. The Bertz CT molecular complexity index is 1220. The van der Waals surface area contributed by atoms with Crippen LogP contribution in [0.1, 0.15) is 63.3 Å². The van der Waals surface area contributed by atoms with Gasteiger partial charge in [-0.25, -0.2) is 0 Å². The number of aromatic hydroxyl groups is 1. The predicted molar refractivity (Wildman–Crippen MR) is 139 cm³/mol. The molecule has 8 nitrogen and oxygen atoms in total. The number of benzene rings is 2. The predicted octanol–water partition coefficient (Wildman–Crippen LogP) is 4.70. The largest absolute Gasteiger partial charge is 0.507 e. The van der Waals surface area contributed by atoms with Crippen molar-refractivity contribution in [2.24, 2.45) is 0 Å². The van der Waals surface area contributed by atoms with Crippen LogP contribution in [0, 0.1) is 0 Å². The number of nitrogens with zero attached hydrogens (tertiary/aromatic N) is 1. The number of hydrogen-bond acceptors (Lipinski definition) is 7. The van der Waals surface area contributed by atoms with Crippen molar-refractivity contribution in [1.29, 1.82) is 0 Å². The number of carbonyl (C=O) groups excluding carboxylic acids is 2. The second-order valence-electron chi connectivity index (χ2n) is 10.4. The second kappa shape index (κ2) is 10.5. The molecule has 4 rings (SSSR count). The van der Waals surface area contributed by atoms with Crippen LogP contribution in [-0.2, 0) is 19.7 Å². The highest BCUT2D eigenvalue weighted by Gasteiger charge is 2.47. The van der Waals surface area contributed by atoms with Gasteiger partial charge in [0.25, 0.3) is 11.7 Å². The zero-order chi connectivity index (χ0) is 26.9. The van der Waals surface area contributed by atoms with Crippen LogP contribution in [0.15, 0.2) is 42.0 Å². The Morgan fingerprint density at radius 1 is 1.14 bits per heavy atom. The minimum Gasteiger partial charge on any atom is -0.507 e. The molecule has 2 fully saturated rings. The number of hydrogen-bond donors (Lipinski definition) is 2. The van der Waals surface area contributed by atoms with Crippen LogP contribution >= 0.6 is 0 Å². The Balaban J connectivity index is 1.87. The molecule has 0 aliphatic carbocycles. The third-order valence-corrected chi connectivity index (χ3v) is 6.84.